The summed E-state index contributed by atoms with van der Waals surface area (Å²) in [7, 11) is 0. The number of aliphatic hydroxyl groups excluding tert-OH is 1. The fraction of sp³-hybridized carbons (Fsp3) is 0.833. The molecule has 0 aliphatic rings. The van der Waals surface area contributed by atoms with E-state index < -0.39 is 5.60 Å². The fourth-order valence-electron chi connectivity index (χ4n) is 1.47. The molecule has 0 rings (SSSR count). The standard InChI is InChI=1S/C12H22O2/c1-3-8-12(14,9-4-2)10-6-5-7-11-13/h13-14H,3-5,7-9,11H2,1-2H3. The van der Waals surface area contributed by atoms with E-state index in [1.165, 1.54) is 0 Å². The van der Waals surface area contributed by atoms with Crippen molar-refractivity contribution in [3.8, 4) is 11.8 Å². The van der Waals surface area contributed by atoms with E-state index in [-0.39, 0.29) is 6.61 Å². The van der Waals surface area contributed by atoms with E-state index in [4.69, 9.17) is 5.11 Å². The highest BCUT2D eigenvalue weighted by Gasteiger charge is 2.21. The predicted octanol–water partition coefficient (Wildman–Crippen LogP) is 2.09. The molecule has 2 heteroatoms. The summed E-state index contributed by atoms with van der Waals surface area (Å²) in [5.41, 5.74) is -0.793. The Morgan fingerprint density at radius 3 is 2.14 bits per heavy atom. The molecule has 2 nitrogen and oxygen atoms in total. The molecule has 0 aliphatic carbocycles. The highest BCUT2D eigenvalue weighted by molar-refractivity contribution is 5.13. The van der Waals surface area contributed by atoms with E-state index in [0.717, 1.165) is 25.7 Å². The van der Waals surface area contributed by atoms with Crippen LogP contribution in [0.3, 0.4) is 0 Å². The van der Waals surface area contributed by atoms with Crippen LogP contribution >= 0.6 is 0 Å². The Balaban J connectivity index is 4.09. The SMILES string of the molecule is CCCC(O)(C#CCCCO)CCC. The Kier molecular flexibility index (Phi) is 7.55. The van der Waals surface area contributed by atoms with Crippen LogP contribution in [-0.2, 0) is 0 Å². The zero-order chi connectivity index (χ0) is 10.9. The summed E-state index contributed by atoms with van der Waals surface area (Å²) < 4.78 is 0. The molecule has 82 valence electrons. The van der Waals surface area contributed by atoms with Gasteiger partial charge < -0.3 is 10.2 Å². The van der Waals surface area contributed by atoms with E-state index in [1.54, 1.807) is 0 Å². The highest BCUT2D eigenvalue weighted by atomic mass is 16.3. The lowest BCUT2D eigenvalue weighted by Gasteiger charge is -2.20. The van der Waals surface area contributed by atoms with E-state index in [1.807, 2.05) is 0 Å². The number of rotatable bonds is 6. The second kappa shape index (κ2) is 7.84. The molecule has 0 spiro atoms. The van der Waals surface area contributed by atoms with Gasteiger partial charge in [-0.3, -0.25) is 0 Å². The minimum absolute atomic E-state index is 0.175. The van der Waals surface area contributed by atoms with Gasteiger partial charge in [0.15, 0.2) is 0 Å². The maximum absolute atomic E-state index is 10.1. The smallest absolute Gasteiger partial charge is 0.125 e. The molecule has 0 saturated heterocycles. The van der Waals surface area contributed by atoms with Gasteiger partial charge in [0.25, 0.3) is 0 Å². The highest BCUT2D eigenvalue weighted by Crippen LogP contribution is 2.18. The average molecular weight is 198 g/mol. The van der Waals surface area contributed by atoms with Gasteiger partial charge in [0.05, 0.1) is 0 Å². The monoisotopic (exact) mass is 198 g/mol. The molecule has 0 unspecified atom stereocenters. The lowest BCUT2D eigenvalue weighted by molar-refractivity contribution is 0.0806. The lowest BCUT2D eigenvalue weighted by atomic mass is 9.93. The molecule has 0 amide bonds. The Morgan fingerprint density at radius 1 is 1.14 bits per heavy atom. The van der Waals surface area contributed by atoms with E-state index in [9.17, 15) is 5.11 Å². The van der Waals surface area contributed by atoms with Crippen LogP contribution < -0.4 is 0 Å². The van der Waals surface area contributed by atoms with Crippen LogP contribution in [0, 0.1) is 11.8 Å². The van der Waals surface area contributed by atoms with Crippen LogP contribution in [-0.4, -0.2) is 22.4 Å². The normalized spacial score (nSPS) is 10.9. The van der Waals surface area contributed by atoms with E-state index in [2.05, 4.69) is 25.7 Å². The fourth-order valence-corrected chi connectivity index (χ4v) is 1.47. The van der Waals surface area contributed by atoms with Crippen molar-refractivity contribution in [1.29, 1.82) is 0 Å². The maximum atomic E-state index is 10.1. The van der Waals surface area contributed by atoms with Crippen molar-refractivity contribution in [3.05, 3.63) is 0 Å². The number of unbranched alkanes of at least 4 members (excludes halogenated alkanes) is 1. The van der Waals surface area contributed by atoms with Gasteiger partial charge in [-0.1, -0.05) is 32.6 Å². The van der Waals surface area contributed by atoms with Gasteiger partial charge in [0, 0.05) is 13.0 Å². The molecular formula is C12H22O2. The molecule has 0 bridgehead atoms. The lowest BCUT2D eigenvalue weighted by Crippen LogP contribution is -2.25. The molecule has 0 fully saturated rings. The average Bonchev–Trinajstić information content (AvgIpc) is 2.13. The van der Waals surface area contributed by atoms with Crippen molar-refractivity contribution in [1.82, 2.24) is 0 Å². The van der Waals surface area contributed by atoms with Crippen molar-refractivity contribution in [2.75, 3.05) is 6.61 Å². The van der Waals surface area contributed by atoms with Crippen LogP contribution in [0.25, 0.3) is 0 Å². The third-order valence-corrected chi connectivity index (χ3v) is 2.11. The summed E-state index contributed by atoms with van der Waals surface area (Å²) in [6, 6.07) is 0. The molecule has 0 aromatic heterocycles. The molecule has 0 radical (unpaired) electrons. The molecule has 0 aromatic rings. The van der Waals surface area contributed by atoms with Crippen molar-refractivity contribution in [2.24, 2.45) is 0 Å². The van der Waals surface area contributed by atoms with Gasteiger partial charge >= 0.3 is 0 Å². The number of hydrogen-bond donors (Lipinski definition) is 2. The zero-order valence-electron chi connectivity index (χ0n) is 9.34. The van der Waals surface area contributed by atoms with Crippen LogP contribution in [0.5, 0.6) is 0 Å². The molecule has 0 heterocycles. The minimum Gasteiger partial charge on any atom is -0.396 e. The second-order valence-electron chi connectivity index (χ2n) is 3.66. The van der Waals surface area contributed by atoms with Crippen molar-refractivity contribution >= 4 is 0 Å². The maximum Gasteiger partial charge on any atom is 0.125 e. The van der Waals surface area contributed by atoms with Gasteiger partial charge in [-0.15, -0.1) is 5.92 Å². The largest absolute Gasteiger partial charge is 0.396 e. The first-order valence-electron chi connectivity index (χ1n) is 5.51. The van der Waals surface area contributed by atoms with Crippen molar-refractivity contribution < 1.29 is 10.2 Å². The summed E-state index contributed by atoms with van der Waals surface area (Å²) in [4.78, 5) is 0. The second-order valence-corrected chi connectivity index (χ2v) is 3.66. The zero-order valence-corrected chi connectivity index (χ0v) is 9.34. The summed E-state index contributed by atoms with van der Waals surface area (Å²) in [6.45, 7) is 4.28. The molecule has 2 N–H and O–H groups in total. The molecule has 0 aromatic carbocycles. The van der Waals surface area contributed by atoms with Crippen LogP contribution in [0.15, 0.2) is 0 Å². The Labute approximate surface area is 87.3 Å². The van der Waals surface area contributed by atoms with Gasteiger partial charge in [-0.25, -0.2) is 0 Å². The molecule has 14 heavy (non-hydrogen) atoms. The van der Waals surface area contributed by atoms with Gasteiger partial charge in [0.1, 0.15) is 5.60 Å². The van der Waals surface area contributed by atoms with E-state index >= 15 is 0 Å². The third-order valence-electron chi connectivity index (χ3n) is 2.11. The number of hydrogen-bond acceptors (Lipinski definition) is 2. The van der Waals surface area contributed by atoms with Crippen molar-refractivity contribution in [3.63, 3.8) is 0 Å². The molecule has 0 saturated carbocycles. The van der Waals surface area contributed by atoms with Gasteiger partial charge in [0.2, 0.25) is 0 Å². The Morgan fingerprint density at radius 2 is 1.71 bits per heavy atom. The summed E-state index contributed by atoms with van der Waals surface area (Å²) in [6.07, 6.45) is 4.75. The van der Waals surface area contributed by atoms with Crippen molar-refractivity contribution in [2.45, 2.75) is 58.0 Å². The minimum atomic E-state index is -0.793. The summed E-state index contributed by atoms with van der Waals surface area (Å²) in [5, 5.41) is 18.6. The first-order valence-corrected chi connectivity index (χ1v) is 5.51. The van der Waals surface area contributed by atoms with Crippen LogP contribution in [0.4, 0.5) is 0 Å². The summed E-state index contributed by atoms with van der Waals surface area (Å²) in [5.74, 6) is 5.86. The first-order chi connectivity index (χ1) is 6.68. The predicted molar refractivity (Wildman–Crippen MR) is 58.9 cm³/mol. The summed E-state index contributed by atoms with van der Waals surface area (Å²) >= 11 is 0. The van der Waals surface area contributed by atoms with E-state index in [0.29, 0.717) is 12.8 Å². The number of aliphatic hydroxyl groups is 2. The molecule has 0 atom stereocenters. The van der Waals surface area contributed by atoms with Gasteiger partial charge in [-0.05, 0) is 19.3 Å². The quantitative estimate of drug-likeness (QED) is 0.507. The van der Waals surface area contributed by atoms with Crippen LogP contribution in [0.2, 0.25) is 0 Å². The molecular weight excluding hydrogens is 176 g/mol. The Hall–Kier alpha value is -0.520. The first kappa shape index (κ1) is 13.5. The Bertz CT molecular complexity index is 182. The van der Waals surface area contributed by atoms with Crippen LogP contribution in [0.1, 0.15) is 52.4 Å². The van der Waals surface area contributed by atoms with Gasteiger partial charge in [-0.2, -0.15) is 0 Å². The topological polar surface area (TPSA) is 40.5 Å². The third kappa shape index (κ3) is 6.01. The molecule has 0 aliphatic heterocycles.